The number of amides is 2. The third-order valence-corrected chi connectivity index (χ3v) is 3.70. The fourth-order valence-corrected chi connectivity index (χ4v) is 2.46. The lowest BCUT2D eigenvalue weighted by Gasteiger charge is -2.05. The quantitative estimate of drug-likeness (QED) is 0.667. The SMILES string of the molecule is O=C1Cc2ccc(C#CCCNC(=O)OCc3ccccc3)cc2N1. The molecule has 0 spiro atoms. The van der Waals surface area contributed by atoms with Gasteiger partial charge in [0.05, 0.1) is 6.42 Å². The van der Waals surface area contributed by atoms with Gasteiger partial charge in [0.15, 0.2) is 0 Å². The number of alkyl carbamates (subject to hydrolysis) is 1. The van der Waals surface area contributed by atoms with Crippen LogP contribution in [-0.4, -0.2) is 18.5 Å². The van der Waals surface area contributed by atoms with Crippen LogP contribution < -0.4 is 10.6 Å². The molecule has 126 valence electrons. The first-order valence-corrected chi connectivity index (χ1v) is 8.07. The molecule has 2 aromatic rings. The molecule has 0 saturated carbocycles. The first-order chi connectivity index (χ1) is 12.2. The predicted octanol–water partition coefficient (Wildman–Crippen LogP) is 2.85. The van der Waals surface area contributed by atoms with Gasteiger partial charge in [-0.25, -0.2) is 4.79 Å². The molecule has 0 radical (unpaired) electrons. The summed E-state index contributed by atoms with van der Waals surface area (Å²) < 4.78 is 5.11. The molecule has 1 aliphatic rings. The van der Waals surface area contributed by atoms with Crippen LogP contribution in [0.3, 0.4) is 0 Å². The average molecular weight is 334 g/mol. The van der Waals surface area contributed by atoms with Crippen molar-refractivity contribution >= 4 is 17.7 Å². The number of nitrogens with one attached hydrogen (secondary N) is 2. The maximum Gasteiger partial charge on any atom is 0.407 e. The maximum absolute atomic E-state index is 11.6. The van der Waals surface area contributed by atoms with Gasteiger partial charge in [0.1, 0.15) is 6.61 Å². The Labute approximate surface area is 146 Å². The number of ether oxygens (including phenoxy) is 1. The summed E-state index contributed by atoms with van der Waals surface area (Å²) in [5, 5.41) is 5.47. The number of hydrogen-bond donors (Lipinski definition) is 2. The number of carbonyl (C=O) groups excluding carboxylic acids is 2. The van der Waals surface area contributed by atoms with Gasteiger partial charge in [-0.3, -0.25) is 4.79 Å². The van der Waals surface area contributed by atoms with Crippen LogP contribution in [0.1, 0.15) is 23.1 Å². The van der Waals surface area contributed by atoms with E-state index in [1.54, 1.807) is 0 Å². The second-order valence-electron chi connectivity index (χ2n) is 5.64. The highest BCUT2D eigenvalue weighted by atomic mass is 16.5. The number of carbonyl (C=O) groups is 2. The molecule has 1 aliphatic heterocycles. The third kappa shape index (κ3) is 4.85. The van der Waals surface area contributed by atoms with Gasteiger partial charge in [-0.05, 0) is 23.3 Å². The molecule has 0 aliphatic carbocycles. The Balaban J connectivity index is 1.39. The van der Waals surface area contributed by atoms with Crippen LogP contribution in [0, 0.1) is 11.8 Å². The van der Waals surface area contributed by atoms with Crippen LogP contribution in [0.5, 0.6) is 0 Å². The minimum atomic E-state index is -0.453. The van der Waals surface area contributed by atoms with Gasteiger partial charge in [-0.2, -0.15) is 0 Å². The Hall–Kier alpha value is -3.26. The topological polar surface area (TPSA) is 67.4 Å². The van der Waals surface area contributed by atoms with E-state index in [2.05, 4.69) is 22.5 Å². The molecule has 0 saturated heterocycles. The van der Waals surface area contributed by atoms with Crippen molar-refractivity contribution in [1.82, 2.24) is 5.32 Å². The van der Waals surface area contributed by atoms with Crippen LogP contribution >= 0.6 is 0 Å². The maximum atomic E-state index is 11.6. The zero-order chi connectivity index (χ0) is 17.5. The van der Waals surface area contributed by atoms with E-state index in [9.17, 15) is 9.59 Å². The van der Waals surface area contributed by atoms with E-state index in [1.165, 1.54) is 0 Å². The summed E-state index contributed by atoms with van der Waals surface area (Å²) >= 11 is 0. The van der Waals surface area contributed by atoms with Crippen LogP contribution in [-0.2, 0) is 22.6 Å². The largest absolute Gasteiger partial charge is 0.445 e. The van der Waals surface area contributed by atoms with Crippen molar-refractivity contribution in [3.05, 3.63) is 65.2 Å². The Morgan fingerprint density at radius 3 is 2.88 bits per heavy atom. The Kier molecular flexibility index (Phi) is 5.32. The molecule has 2 amide bonds. The Morgan fingerprint density at radius 1 is 1.20 bits per heavy atom. The summed E-state index contributed by atoms with van der Waals surface area (Å²) in [6, 6.07) is 15.2. The second-order valence-corrected chi connectivity index (χ2v) is 5.64. The fraction of sp³-hybridized carbons (Fsp3) is 0.200. The molecular formula is C20H18N2O3. The summed E-state index contributed by atoms with van der Waals surface area (Å²) in [6.07, 6.45) is 0.493. The third-order valence-electron chi connectivity index (χ3n) is 3.70. The summed E-state index contributed by atoms with van der Waals surface area (Å²) in [7, 11) is 0. The van der Waals surface area contributed by atoms with Crippen molar-refractivity contribution in [3.63, 3.8) is 0 Å². The molecule has 25 heavy (non-hydrogen) atoms. The van der Waals surface area contributed by atoms with Crippen LogP contribution in [0.15, 0.2) is 48.5 Å². The number of benzene rings is 2. The lowest BCUT2D eigenvalue weighted by Crippen LogP contribution is -2.24. The standard InChI is InChI=1S/C20H18N2O3/c23-19-13-17-10-9-15(12-18(17)22-19)6-4-5-11-21-20(24)25-14-16-7-2-1-3-8-16/h1-3,7-10,12H,5,11,13-14H2,(H,21,24)(H,22,23). The number of anilines is 1. The van der Waals surface area contributed by atoms with Gasteiger partial charge in [-0.1, -0.05) is 48.2 Å². The zero-order valence-corrected chi connectivity index (χ0v) is 13.7. The van der Waals surface area contributed by atoms with E-state index in [4.69, 9.17) is 4.74 Å². The highest BCUT2D eigenvalue weighted by Crippen LogP contribution is 2.23. The second kappa shape index (κ2) is 8.02. The minimum absolute atomic E-state index is 0.0123. The average Bonchev–Trinajstić information content (AvgIpc) is 3.00. The van der Waals surface area contributed by atoms with Crippen molar-refractivity contribution < 1.29 is 14.3 Å². The zero-order valence-electron chi connectivity index (χ0n) is 13.7. The molecule has 0 fully saturated rings. The van der Waals surface area contributed by atoms with Crippen molar-refractivity contribution in [1.29, 1.82) is 0 Å². The highest BCUT2D eigenvalue weighted by molar-refractivity contribution is 5.99. The predicted molar refractivity (Wildman–Crippen MR) is 94.9 cm³/mol. The Morgan fingerprint density at radius 2 is 2.04 bits per heavy atom. The number of rotatable bonds is 4. The summed E-state index contributed by atoms with van der Waals surface area (Å²) in [5.74, 6) is 6.04. The van der Waals surface area contributed by atoms with Crippen molar-refractivity contribution in [3.8, 4) is 11.8 Å². The summed E-state index contributed by atoms with van der Waals surface area (Å²) in [6.45, 7) is 0.668. The first-order valence-electron chi connectivity index (χ1n) is 8.07. The van der Waals surface area contributed by atoms with E-state index in [-0.39, 0.29) is 12.5 Å². The Bertz CT molecular complexity index is 835. The van der Waals surface area contributed by atoms with E-state index in [1.807, 2.05) is 48.5 Å². The van der Waals surface area contributed by atoms with Gasteiger partial charge in [0.2, 0.25) is 5.91 Å². The first kappa shape index (κ1) is 16.6. The van der Waals surface area contributed by atoms with Crippen molar-refractivity contribution in [2.24, 2.45) is 0 Å². The molecule has 0 atom stereocenters. The van der Waals surface area contributed by atoms with Gasteiger partial charge in [0, 0.05) is 24.2 Å². The number of hydrogen-bond acceptors (Lipinski definition) is 3. The van der Waals surface area contributed by atoms with Crippen LogP contribution in [0.2, 0.25) is 0 Å². The molecular weight excluding hydrogens is 316 g/mol. The molecule has 2 aromatic carbocycles. The van der Waals surface area contributed by atoms with Crippen molar-refractivity contribution in [2.75, 3.05) is 11.9 Å². The lowest BCUT2D eigenvalue weighted by molar-refractivity contribution is -0.115. The normalized spacial score (nSPS) is 11.8. The monoisotopic (exact) mass is 334 g/mol. The molecule has 5 nitrogen and oxygen atoms in total. The molecule has 3 rings (SSSR count). The minimum Gasteiger partial charge on any atom is -0.445 e. The van der Waals surface area contributed by atoms with Crippen molar-refractivity contribution in [2.45, 2.75) is 19.4 Å². The van der Waals surface area contributed by atoms with Gasteiger partial charge >= 0.3 is 6.09 Å². The number of fused-ring (bicyclic) bond motifs is 1. The van der Waals surface area contributed by atoms with E-state index >= 15 is 0 Å². The van der Waals surface area contributed by atoms with Gasteiger partial charge < -0.3 is 15.4 Å². The molecule has 0 bridgehead atoms. The van der Waals surface area contributed by atoms with E-state index < -0.39 is 6.09 Å². The smallest absolute Gasteiger partial charge is 0.407 e. The fourth-order valence-electron chi connectivity index (χ4n) is 2.46. The van der Waals surface area contributed by atoms with Crippen LogP contribution in [0.25, 0.3) is 0 Å². The summed E-state index contributed by atoms with van der Waals surface area (Å²) in [4.78, 5) is 22.9. The van der Waals surface area contributed by atoms with E-state index in [0.29, 0.717) is 19.4 Å². The summed E-state index contributed by atoms with van der Waals surface area (Å²) in [5.41, 5.74) is 3.62. The molecule has 2 N–H and O–H groups in total. The lowest BCUT2D eigenvalue weighted by atomic mass is 10.1. The van der Waals surface area contributed by atoms with Gasteiger partial charge in [0.25, 0.3) is 0 Å². The van der Waals surface area contributed by atoms with E-state index in [0.717, 1.165) is 22.4 Å². The molecule has 0 unspecified atom stereocenters. The molecule has 1 heterocycles. The van der Waals surface area contributed by atoms with Crippen LogP contribution in [0.4, 0.5) is 10.5 Å². The highest BCUT2D eigenvalue weighted by Gasteiger charge is 2.16. The molecule has 5 heteroatoms. The van der Waals surface area contributed by atoms with Gasteiger partial charge in [-0.15, -0.1) is 0 Å². The molecule has 0 aromatic heterocycles.